The number of hydrogen-bond acceptors (Lipinski definition) is 5. The molecule has 1 atom stereocenters. The van der Waals surface area contributed by atoms with E-state index in [4.69, 9.17) is 9.84 Å². The molecule has 1 aromatic carbocycles. The molecule has 0 bridgehead atoms. The number of aliphatic hydroxyl groups excluding tert-OH is 1. The summed E-state index contributed by atoms with van der Waals surface area (Å²) in [6.45, 7) is 3.26. The molecule has 2 amide bonds. The fourth-order valence-corrected chi connectivity index (χ4v) is 1.91. The SMILES string of the molecule is CC(C)(CNC(=O)OCc1ccccc1)[C@@H](O)C(=O)NCCC(=O)O. The summed E-state index contributed by atoms with van der Waals surface area (Å²) in [5.74, 6) is -1.73. The van der Waals surface area contributed by atoms with Crippen molar-refractivity contribution in [2.45, 2.75) is 33.0 Å². The van der Waals surface area contributed by atoms with Crippen LogP contribution in [0.3, 0.4) is 0 Å². The van der Waals surface area contributed by atoms with Crippen molar-refractivity contribution in [1.29, 1.82) is 0 Å². The first-order valence-electron chi connectivity index (χ1n) is 7.84. The first-order valence-corrected chi connectivity index (χ1v) is 7.84. The zero-order chi connectivity index (χ0) is 18.9. The summed E-state index contributed by atoms with van der Waals surface area (Å²) in [5, 5.41) is 23.5. The van der Waals surface area contributed by atoms with Gasteiger partial charge >= 0.3 is 12.1 Å². The largest absolute Gasteiger partial charge is 0.481 e. The van der Waals surface area contributed by atoms with E-state index in [-0.39, 0.29) is 26.1 Å². The van der Waals surface area contributed by atoms with Crippen LogP contribution < -0.4 is 10.6 Å². The summed E-state index contributed by atoms with van der Waals surface area (Å²) in [7, 11) is 0. The van der Waals surface area contributed by atoms with Crippen molar-refractivity contribution < 1.29 is 29.3 Å². The Morgan fingerprint density at radius 2 is 1.80 bits per heavy atom. The van der Waals surface area contributed by atoms with Gasteiger partial charge in [-0.3, -0.25) is 9.59 Å². The smallest absolute Gasteiger partial charge is 0.407 e. The Morgan fingerprint density at radius 1 is 1.16 bits per heavy atom. The predicted octanol–water partition coefficient (Wildman–Crippen LogP) is 0.891. The Kier molecular flexibility index (Phi) is 7.87. The quantitative estimate of drug-likeness (QED) is 0.523. The molecule has 4 N–H and O–H groups in total. The van der Waals surface area contributed by atoms with Gasteiger partial charge in [0.25, 0.3) is 0 Å². The van der Waals surface area contributed by atoms with Gasteiger partial charge in [0.1, 0.15) is 12.7 Å². The maximum Gasteiger partial charge on any atom is 0.407 e. The second-order valence-corrected chi connectivity index (χ2v) is 6.24. The number of rotatable bonds is 9. The number of amides is 2. The minimum absolute atomic E-state index is 0.00808. The summed E-state index contributed by atoms with van der Waals surface area (Å²) in [4.78, 5) is 34.0. The monoisotopic (exact) mass is 352 g/mol. The number of carboxylic acids is 1. The molecule has 0 heterocycles. The van der Waals surface area contributed by atoms with E-state index in [1.807, 2.05) is 30.3 Å². The maximum absolute atomic E-state index is 11.8. The second kappa shape index (κ2) is 9.63. The van der Waals surface area contributed by atoms with E-state index in [2.05, 4.69) is 10.6 Å². The minimum Gasteiger partial charge on any atom is -0.481 e. The van der Waals surface area contributed by atoms with Gasteiger partial charge in [-0.15, -0.1) is 0 Å². The van der Waals surface area contributed by atoms with Crippen LogP contribution in [0, 0.1) is 5.41 Å². The first kappa shape index (κ1) is 20.4. The van der Waals surface area contributed by atoms with E-state index >= 15 is 0 Å². The fourth-order valence-electron chi connectivity index (χ4n) is 1.91. The lowest BCUT2D eigenvalue weighted by Crippen LogP contribution is -2.49. The molecule has 0 aromatic heterocycles. The molecular formula is C17H24N2O6. The highest BCUT2D eigenvalue weighted by molar-refractivity contribution is 5.82. The van der Waals surface area contributed by atoms with Crippen LogP contribution in [0.1, 0.15) is 25.8 Å². The van der Waals surface area contributed by atoms with E-state index in [1.165, 1.54) is 0 Å². The lowest BCUT2D eigenvalue weighted by molar-refractivity contribution is -0.137. The van der Waals surface area contributed by atoms with E-state index in [0.717, 1.165) is 5.56 Å². The minimum atomic E-state index is -1.41. The third kappa shape index (κ3) is 7.67. The Labute approximate surface area is 146 Å². The van der Waals surface area contributed by atoms with Gasteiger partial charge < -0.3 is 25.6 Å². The van der Waals surface area contributed by atoms with Crippen LogP contribution in [0.25, 0.3) is 0 Å². The van der Waals surface area contributed by atoms with Gasteiger partial charge in [-0.1, -0.05) is 44.2 Å². The van der Waals surface area contributed by atoms with Crippen molar-refractivity contribution in [3.8, 4) is 0 Å². The van der Waals surface area contributed by atoms with Crippen LogP contribution in [0.4, 0.5) is 4.79 Å². The van der Waals surface area contributed by atoms with Crippen LogP contribution in [0.2, 0.25) is 0 Å². The first-order chi connectivity index (χ1) is 11.7. The third-order valence-corrected chi connectivity index (χ3v) is 3.53. The standard InChI is InChI=1S/C17H24N2O6/c1-17(2,14(22)15(23)18-9-8-13(20)21)11-19-16(24)25-10-12-6-4-3-5-7-12/h3-7,14,22H,8-11H2,1-2H3,(H,18,23)(H,19,24)(H,20,21)/t14-/m0/s1. The van der Waals surface area contributed by atoms with Gasteiger partial charge in [-0.2, -0.15) is 0 Å². The highest BCUT2D eigenvalue weighted by atomic mass is 16.5. The van der Waals surface area contributed by atoms with E-state index < -0.39 is 29.5 Å². The zero-order valence-electron chi connectivity index (χ0n) is 14.3. The molecular weight excluding hydrogens is 328 g/mol. The average molecular weight is 352 g/mol. The summed E-state index contributed by atoms with van der Waals surface area (Å²) in [6.07, 6.45) is -2.30. The number of carbonyl (C=O) groups is 3. The van der Waals surface area contributed by atoms with Crippen molar-refractivity contribution >= 4 is 18.0 Å². The highest BCUT2D eigenvalue weighted by Gasteiger charge is 2.34. The summed E-state index contributed by atoms with van der Waals surface area (Å²) >= 11 is 0. The Morgan fingerprint density at radius 3 is 2.40 bits per heavy atom. The normalized spacial score (nSPS) is 12.1. The molecule has 0 aliphatic rings. The van der Waals surface area contributed by atoms with E-state index in [0.29, 0.717) is 0 Å². The Hall–Kier alpha value is -2.61. The number of aliphatic carboxylic acids is 1. The summed E-state index contributed by atoms with van der Waals surface area (Å²) < 4.78 is 5.06. The molecule has 1 rings (SSSR count). The van der Waals surface area contributed by atoms with Gasteiger partial charge in [0.05, 0.1) is 6.42 Å². The molecule has 138 valence electrons. The number of ether oxygens (including phenoxy) is 1. The molecule has 0 spiro atoms. The number of alkyl carbamates (subject to hydrolysis) is 1. The molecule has 0 unspecified atom stereocenters. The highest BCUT2D eigenvalue weighted by Crippen LogP contribution is 2.19. The number of hydrogen-bond donors (Lipinski definition) is 4. The number of nitrogens with one attached hydrogen (secondary N) is 2. The molecule has 25 heavy (non-hydrogen) atoms. The second-order valence-electron chi connectivity index (χ2n) is 6.24. The molecule has 0 saturated carbocycles. The Bertz CT molecular complexity index is 588. The fraction of sp³-hybridized carbons (Fsp3) is 0.471. The molecule has 0 saturated heterocycles. The predicted molar refractivity (Wildman–Crippen MR) is 89.7 cm³/mol. The van der Waals surface area contributed by atoms with Crippen molar-refractivity contribution in [2.24, 2.45) is 5.41 Å². The van der Waals surface area contributed by atoms with Gasteiger partial charge in [0.15, 0.2) is 0 Å². The van der Waals surface area contributed by atoms with Gasteiger partial charge in [-0.25, -0.2) is 4.79 Å². The van der Waals surface area contributed by atoms with Crippen LogP contribution in [-0.4, -0.2) is 47.4 Å². The van der Waals surface area contributed by atoms with E-state index in [1.54, 1.807) is 13.8 Å². The number of carboxylic acid groups (broad SMARTS) is 1. The van der Waals surface area contributed by atoms with Crippen LogP contribution >= 0.6 is 0 Å². The van der Waals surface area contributed by atoms with Gasteiger partial charge in [0, 0.05) is 18.5 Å². The maximum atomic E-state index is 11.8. The Balaban J connectivity index is 2.38. The van der Waals surface area contributed by atoms with Gasteiger partial charge in [-0.05, 0) is 5.56 Å². The van der Waals surface area contributed by atoms with E-state index in [9.17, 15) is 19.5 Å². The van der Waals surface area contributed by atoms with Crippen molar-refractivity contribution in [1.82, 2.24) is 10.6 Å². The molecule has 0 fully saturated rings. The summed E-state index contributed by atoms with van der Waals surface area (Å²) in [5.41, 5.74) is -0.117. The van der Waals surface area contributed by atoms with Crippen molar-refractivity contribution in [2.75, 3.05) is 13.1 Å². The van der Waals surface area contributed by atoms with Crippen LogP contribution in [-0.2, 0) is 20.9 Å². The third-order valence-electron chi connectivity index (χ3n) is 3.53. The average Bonchev–Trinajstić information content (AvgIpc) is 2.58. The van der Waals surface area contributed by atoms with Crippen LogP contribution in [0.15, 0.2) is 30.3 Å². The number of carbonyl (C=O) groups excluding carboxylic acids is 2. The number of aliphatic hydroxyl groups is 1. The molecule has 0 radical (unpaired) electrons. The topological polar surface area (TPSA) is 125 Å². The zero-order valence-corrected chi connectivity index (χ0v) is 14.3. The molecule has 0 aliphatic heterocycles. The molecule has 8 nitrogen and oxygen atoms in total. The molecule has 1 aromatic rings. The molecule has 8 heteroatoms. The lowest BCUT2D eigenvalue weighted by atomic mass is 9.86. The van der Waals surface area contributed by atoms with Crippen LogP contribution in [0.5, 0.6) is 0 Å². The summed E-state index contributed by atoms with van der Waals surface area (Å²) in [6, 6.07) is 9.16. The molecule has 0 aliphatic carbocycles. The lowest BCUT2D eigenvalue weighted by Gasteiger charge is -2.29. The number of benzene rings is 1. The van der Waals surface area contributed by atoms with Gasteiger partial charge in [0.2, 0.25) is 5.91 Å². The van der Waals surface area contributed by atoms with Crippen molar-refractivity contribution in [3.63, 3.8) is 0 Å². The van der Waals surface area contributed by atoms with Crippen molar-refractivity contribution in [3.05, 3.63) is 35.9 Å².